The van der Waals surface area contributed by atoms with Crippen molar-refractivity contribution in [3.63, 3.8) is 0 Å². The molecule has 1 amide bonds. The molecule has 0 atom stereocenters. The quantitative estimate of drug-likeness (QED) is 0.787. The maximum absolute atomic E-state index is 11.3. The van der Waals surface area contributed by atoms with Crippen LogP contribution in [0.2, 0.25) is 0 Å². The van der Waals surface area contributed by atoms with Crippen molar-refractivity contribution in [2.24, 2.45) is 5.73 Å². The molecule has 5 nitrogen and oxygen atoms in total. The first-order valence-electron chi connectivity index (χ1n) is 6.80. The van der Waals surface area contributed by atoms with Gasteiger partial charge in [-0.05, 0) is 18.6 Å². The van der Waals surface area contributed by atoms with Gasteiger partial charge < -0.3 is 16.4 Å². The monoisotopic (exact) mass is 272 g/mol. The van der Waals surface area contributed by atoms with E-state index in [0.717, 1.165) is 36.0 Å². The fourth-order valence-corrected chi connectivity index (χ4v) is 2.28. The maximum Gasteiger partial charge on any atom is 0.236 e. The average molecular weight is 272 g/mol. The summed E-state index contributed by atoms with van der Waals surface area (Å²) in [5, 5.41) is 0.949. The van der Waals surface area contributed by atoms with Gasteiger partial charge in [0.15, 0.2) is 0 Å². The van der Waals surface area contributed by atoms with E-state index in [1.807, 2.05) is 29.2 Å². The van der Waals surface area contributed by atoms with Crippen molar-refractivity contribution < 1.29 is 4.79 Å². The maximum atomic E-state index is 11.3. The highest BCUT2D eigenvalue weighted by molar-refractivity contribution is 5.98. The summed E-state index contributed by atoms with van der Waals surface area (Å²) in [6.07, 6.45) is 3.77. The topological polar surface area (TPSA) is 85.2 Å². The van der Waals surface area contributed by atoms with Crippen molar-refractivity contribution in [2.75, 3.05) is 23.7 Å². The second kappa shape index (κ2) is 6.23. The van der Waals surface area contributed by atoms with Crippen molar-refractivity contribution in [3.8, 4) is 0 Å². The summed E-state index contributed by atoms with van der Waals surface area (Å²) in [5.41, 5.74) is 13.7. The predicted molar refractivity (Wildman–Crippen MR) is 82.5 cm³/mol. The number of pyridine rings is 1. The van der Waals surface area contributed by atoms with E-state index >= 15 is 0 Å². The van der Waals surface area contributed by atoms with Crippen LogP contribution in [0.15, 0.2) is 30.5 Å². The number of amides is 1. The van der Waals surface area contributed by atoms with Crippen molar-refractivity contribution in [3.05, 3.63) is 30.5 Å². The number of unbranched alkanes of at least 4 members (excludes halogenated alkanes) is 1. The normalized spacial score (nSPS) is 10.7. The Morgan fingerprint density at radius 1 is 1.35 bits per heavy atom. The van der Waals surface area contributed by atoms with E-state index in [-0.39, 0.29) is 12.5 Å². The highest BCUT2D eigenvalue weighted by Crippen LogP contribution is 2.28. The Labute approximate surface area is 118 Å². The molecule has 0 saturated carbocycles. The zero-order chi connectivity index (χ0) is 14.5. The van der Waals surface area contributed by atoms with Crippen LogP contribution in [-0.4, -0.2) is 24.0 Å². The molecule has 1 aromatic heterocycles. The number of carbonyl (C=O) groups excluding carboxylic acids is 1. The number of para-hydroxylation sites is 1. The van der Waals surface area contributed by atoms with E-state index in [4.69, 9.17) is 11.5 Å². The standard InChI is InChI=1S/C15H20N4O/c1-2-3-9-19(10-14(17)20)13-7-8-18-15-11(13)5-4-6-12(15)16/h4-8H,2-3,9-10,16H2,1H3,(H2,17,20). The van der Waals surface area contributed by atoms with Crippen LogP contribution >= 0.6 is 0 Å². The molecule has 0 radical (unpaired) electrons. The molecule has 1 aromatic carbocycles. The summed E-state index contributed by atoms with van der Waals surface area (Å²) in [5.74, 6) is -0.338. The Hall–Kier alpha value is -2.30. The van der Waals surface area contributed by atoms with Crippen LogP contribution in [-0.2, 0) is 4.79 Å². The summed E-state index contributed by atoms with van der Waals surface area (Å²) in [6, 6.07) is 7.59. The Balaban J connectivity index is 2.46. The third-order valence-electron chi connectivity index (χ3n) is 3.25. The molecule has 4 N–H and O–H groups in total. The molecule has 0 aliphatic carbocycles. The third kappa shape index (κ3) is 2.99. The number of anilines is 2. The van der Waals surface area contributed by atoms with Gasteiger partial charge in [0.25, 0.3) is 0 Å². The fourth-order valence-electron chi connectivity index (χ4n) is 2.28. The van der Waals surface area contributed by atoms with Crippen molar-refractivity contribution in [1.82, 2.24) is 4.98 Å². The molecule has 0 fully saturated rings. The smallest absolute Gasteiger partial charge is 0.236 e. The minimum atomic E-state index is -0.338. The van der Waals surface area contributed by atoms with Crippen LogP contribution in [0.1, 0.15) is 19.8 Å². The minimum Gasteiger partial charge on any atom is -0.397 e. The molecule has 0 saturated heterocycles. The van der Waals surface area contributed by atoms with Gasteiger partial charge in [-0.1, -0.05) is 25.5 Å². The van der Waals surface area contributed by atoms with E-state index in [9.17, 15) is 4.79 Å². The lowest BCUT2D eigenvalue weighted by atomic mass is 10.1. The summed E-state index contributed by atoms with van der Waals surface area (Å²) in [4.78, 5) is 17.6. The summed E-state index contributed by atoms with van der Waals surface area (Å²) >= 11 is 0. The Morgan fingerprint density at radius 3 is 2.85 bits per heavy atom. The lowest BCUT2D eigenvalue weighted by molar-refractivity contribution is -0.116. The number of hydrogen-bond acceptors (Lipinski definition) is 4. The number of aromatic nitrogens is 1. The molecule has 0 aliphatic rings. The van der Waals surface area contributed by atoms with Gasteiger partial charge in [0, 0.05) is 23.8 Å². The average Bonchev–Trinajstić information content (AvgIpc) is 2.43. The van der Waals surface area contributed by atoms with E-state index in [0.29, 0.717) is 5.69 Å². The molecule has 0 bridgehead atoms. The second-order valence-electron chi connectivity index (χ2n) is 4.81. The van der Waals surface area contributed by atoms with Gasteiger partial charge in [0.05, 0.1) is 17.7 Å². The lowest BCUT2D eigenvalue weighted by Gasteiger charge is -2.24. The molecular formula is C15H20N4O. The predicted octanol–water partition coefficient (Wildman–Crippen LogP) is 1.91. The first-order valence-corrected chi connectivity index (χ1v) is 6.80. The molecular weight excluding hydrogens is 252 g/mol. The van der Waals surface area contributed by atoms with Crippen molar-refractivity contribution >= 4 is 28.2 Å². The number of primary amides is 1. The third-order valence-corrected chi connectivity index (χ3v) is 3.25. The van der Waals surface area contributed by atoms with Crippen LogP contribution in [0.3, 0.4) is 0 Å². The lowest BCUT2D eigenvalue weighted by Crippen LogP contribution is -2.34. The number of rotatable bonds is 6. The van der Waals surface area contributed by atoms with Gasteiger partial charge >= 0.3 is 0 Å². The van der Waals surface area contributed by atoms with Crippen molar-refractivity contribution in [2.45, 2.75) is 19.8 Å². The first-order chi connectivity index (χ1) is 9.63. The van der Waals surface area contributed by atoms with Crippen molar-refractivity contribution in [1.29, 1.82) is 0 Å². The molecule has 1 heterocycles. The van der Waals surface area contributed by atoms with Crippen LogP contribution in [0, 0.1) is 0 Å². The minimum absolute atomic E-state index is 0.202. The van der Waals surface area contributed by atoms with E-state index in [2.05, 4.69) is 11.9 Å². The van der Waals surface area contributed by atoms with E-state index in [1.54, 1.807) is 6.20 Å². The molecule has 2 aromatic rings. The van der Waals surface area contributed by atoms with Crippen LogP contribution in [0.25, 0.3) is 10.9 Å². The highest BCUT2D eigenvalue weighted by Gasteiger charge is 2.13. The SMILES string of the molecule is CCCCN(CC(N)=O)c1ccnc2c(N)cccc12. The number of nitrogens with zero attached hydrogens (tertiary/aromatic N) is 2. The van der Waals surface area contributed by atoms with Crippen LogP contribution < -0.4 is 16.4 Å². The molecule has 106 valence electrons. The molecule has 0 unspecified atom stereocenters. The van der Waals surface area contributed by atoms with Gasteiger partial charge in [-0.3, -0.25) is 9.78 Å². The van der Waals surface area contributed by atoms with Gasteiger partial charge in [0.2, 0.25) is 5.91 Å². The number of nitrogens with two attached hydrogens (primary N) is 2. The highest BCUT2D eigenvalue weighted by atomic mass is 16.1. The summed E-state index contributed by atoms with van der Waals surface area (Å²) in [7, 11) is 0. The molecule has 5 heteroatoms. The largest absolute Gasteiger partial charge is 0.397 e. The first kappa shape index (κ1) is 14.1. The molecule has 20 heavy (non-hydrogen) atoms. The van der Waals surface area contributed by atoms with Crippen LogP contribution in [0.5, 0.6) is 0 Å². The Bertz CT molecular complexity index is 612. The Kier molecular flexibility index (Phi) is 4.40. The van der Waals surface area contributed by atoms with Crippen LogP contribution in [0.4, 0.5) is 11.4 Å². The summed E-state index contributed by atoms with van der Waals surface area (Å²) < 4.78 is 0. The zero-order valence-corrected chi connectivity index (χ0v) is 11.7. The molecule has 2 rings (SSSR count). The van der Waals surface area contributed by atoms with Gasteiger partial charge in [0.1, 0.15) is 0 Å². The van der Waals surface area contributed by atoms with E-state index < -0.39 is 0 Å². The number of carbonyl (C=O) groups is 1. The zero-order valence-electron chi connectivity index (χ0n) is 11.7. The number of fused-ring (bicyclic) bond motifs is 1. The Morgan fingerprint density at radius 2 is 2.15 bits per heavy atom. The summed E-state index contributed by atoms with van der Waals surface area (Å²) in [6.45, 7) is 3.10. The number of nitrogen functional groups attached to an aromatic ring is 1. The second-order valence-corrected chi connectivity index (χ2v) is 4.81. The van der Waals surface area contributed by atoms with Gasteiger partial charge in [-0.15, -0.1) is 0 Å². The number of hydrogen-bond donors (Lipinski definition) is 2. The number of benzene rings is 1. The fraction of sp³-hybridized carbons (Fsp3) is 0.333. The van der Waals surface area contributed by atoms with Gasteiger partial charge in [-0.2, -0.15) is 0 Å². The van der Waals surface area contributed by atoms with Gasteiger partial charge in [-0.25, -0.2) is 0 Å². The van der Waals surface area contributed by atoms with E-state index in [1.165, 1.54) is 0 Å². The molecule has 0 aliphatic heterocycles. The molecule has 0 spiro atoms.